The van der Waals surface area contributed by atoms with Crippen LogP contribution in [-0.2, 0) is 22.6 Å². The van der Waals surface area contributed by atoms with E-state index in [9.17, 15) is 9.59 Å². The van der Waals surface area contributed by atoms with Crippen LogP contribution in [0.1, 0.15) is 42.9 Å². The van der Waals surface area contributed by atoms with Gasteiger partial charge in [0.1, 0.15) is 5.75 Å². The molecule has 3 rings (SSSR count). The van der Waals surface area contributed by atoms with E-state index in [1.807, 2.05) is 62.4 Å². The molecule has 1 saturated heterocycles. The number of likely N-dealkylation sites (tertiary alicyclic amines) is 1. The summed E-state index contributed by atoms with van der Waals surface area (Å²) in [6.07, 6.45) is 0.820. The topological polar surface area (TPSA) is 66.8 Å². The van der Waals surface area contributed by atoms with E-state index in [4.69, 9.17) is 9.84 Å². The van der Waals surface area contributed by atoms with Crippen molar-refractivity contribution in [2.24, 2.45) is 5.41 Å². The Morgan fingerprint density at radius 1 is 1.07 bits per heavy atom. The molecule has 5 heteroatoms. The molecule has 0 saturated carbocycles. The number of aliphatic hydroxyl groups excluding tert-OH is 1. The molecular weight excluding hydrogens is 354 g/mol. The van der Waals surface area contributed by atoms with Crippen LogP contribution in [-0.4, -0.2) is 35.5 Å². The number of hydrogen-bond donors (Lipinski definition) is 1. The highest BCUT2D eigenvalue weighted by Gasteiger charge is 2.51. The van der Waals surface area contributed by atoms with Gasteiger partial charge in [-0.15, -0.1) is 0 Å². The second-order valence-electron chi connectivity index (χ2n) is 7.66. The molecule has 1 aliphatic rings. The Labute approximate surface area is 165 Å². The fraction of sp³-hybridized carbons (Fsp3) is 0.391. The van der Waals surface area contributed by atoms with Crippen LogP contribution >= 0.6 is 0 Å². The Morgan fingerprint density at radius 3 is 2.25 bits per heavy atom. The third-order valence-corrected chi connectivity index (χ3v) is 5.89. The maximum absolute atomic E-state index is 13.2. The number of carbonyl (C=O) groups excluding carboxylic acids is 2. The van der Waals surface area contributed by atoms with Crippen molar-refractivity contribution < 1.29 is 19.4 Å². The van der Waals surface area contributed by atoms with Gasteiger partial charge >= 0.3 is 0 Å². The van der Waals surface area contributed by atoms with Crippen molar-refractivity contribution >= 4 is 11.8 Å². The summed E-state index contributed by atoms with van der Waals surface area (Å²) < 4.78 is 5.16. The van der Waals surface area contributed by atoms with E-state index >= 15 is 0 Å². The zero-order valence-corrected chi connectivity index (χ0v) is 16.6. The van der Waals surface area contributed by atoms with Gasteiger partial charge in [0.2, 0.25) is 11.8 Å². The van der Waals surface area contributed by atoms with Gasteiger partial charge in [-0.25, -0.2) is 0 Å². The zero-order chi connectivity index (χ0) is 20.3. The first-order valence-corrected chi connectivity index (χ1v) is 9.56. The molecule has 148 valence electrons. The lowest BCUT2D eigenvalue weighted by Crippen LogP contribution is -2.36. The summed E-state index contributed by atoms with van der Waals surface area (Å²) in [5.74, 6) is 0.395. The standard InChI is InChI=1S/C23H27NO4/c1-16(19-8-4-17(5-9-19)12-13-25)23(2)14-21(26)24(22(23)27)15-18-6-10-20(28-3)11-7-18/h4-11,16,25H,12-15H2,1-3H3/t16-,23+/m1/s1. The molecule has 28 heavy (non-hydrogen) atoms. The third kappa shape index (κ3) is 3.80. The largest absolute Gasteiger partial charge is 0.497 e. The van der Waals surface area contributed by atoms with Crippen LogP contribution in [0.15, 0.2) is 48.5 Å². The van der Waals surface area contributed by atoms with E-state index in [1.165, 1.54) is 4.90 Å². The number of ether oxygens (including phenoxy) is 1. The maximum Gasteiger partial charge on any atom is 0.236 e. The molecule has 1 heterocycles. The first-order chi connectivity index (χ1) is 13.4. The predicted molar refractivity (Wildman–Crippen MR) is 107 cm³/mol. The normalized spacial score (nSPS) is 20.5. The first-order valence-electron chi connectivity index (χ1n) is 9.56. The SMILES string of the molecule is COc1ccc(CN2C(=O)C[C@@](C)([C@H](C)c3ccc(CCO)cc3)C2=O)cc1. The molecule has 5 nitrogen and oxygen atoms in total. The molecular formula is C23H27NO4. The fourth-order valence-corrected chi connectivity index (χ4v) is 3.79. The third-order valence-electron chi connectivity index (χ3n) is 5.89. The minimum absolute atomic E-state index is 0.0898. The first kappa shape index (κ1) is 20.1. The van der Waals surface area contributed by atoms with Crippen molar-refractivity contribution in [2.75, 3.05) is 13.7 Å². The lowest BCUT2D eigenvalue weighted by Gasteiger charge is -2.29. The number of carbonyl (C=O) groups is 2. The molecule has 1 fully saturated rings. The highest BCUT2D eigenvalue weighted by molar-refractivity contribution is 6.06. The van der Waals surface area contributed by atoms with E-state index in [1.54, 1.807) is 7.11 Å². The number of methoxy groups -OCH3 is 1. The number of imide groups is 1. The number of aliphatic hydroxyl groups is 1. The maximum atomic E-state index is 13.2. The minimum atomic E-state index is -0.762. The van der Waals surface area contributed by atoms with Crippen molar-refractivity contribution in [1.29, 1.82) is 0 Å². The van der Waals surface area contributed by atoms with Crippen LogP contribution in [0.25, 0.3) is 0 Å². The lowest BCUT2D eigenvalue weighted by atomic mass is 9.73. The highest BCUT2D eigenvalue weighted by atomic mass is 16.5. The summed E-state index contributed by atoms with van der Waals surface area (Å²) in [5, 5.41) is 9.06. The molecule has 0 radical (unpaired) electrons. The molecule has 2 aromatic rings. The second-order valence-corrected chi connectivity index (χ2v) is 7.66. The quantitative estimate of drug-likeness (QED) is 0.748. The summed E-state index contributed by atoms with van der Waals surface area (Å²) in [6.45, 7) is 4.27. The van der Waals surface area contributed by atoms with Crippen molar-refractivity contribution in [3.05, 3.63) is 65.2 Å². The van der Waals surface area contributed by atoms with Crippen molar-refractivity contribution in [1.82, 2.24) is 4.90 Å². The predicted octanol–water partition coefficient (Wildman–Crippen LogP) is 3.30. The molecule has 2 amide bonds. The molecule has 1 aliphatic heterocycles. The summed E-state index contributed by atoms with van der Waals surface area (Å²) >= 11 is 0. The van der Waals surface area contributed by atoms with E-state index in [0.717, 1.165) is 22.4 Å². The Morgan fingerprint density at radius 2 is 1.68 bits per heavy atom. The van der Waals surface area contributed by atoms with Crippen molar-refractivity contribution in [2.45, 2.75) is 39.2 Å². The number of rotatable bonds is 7. The summed E-state index contributed by atoms with van der Waals surface area (Å²) in [6, 6.07) is 15.3. The monoisotopic (exact) mass is 381 g/mol. The van der Waals surface area contributed by atoms with Gasteiger partial charge in [-0.05, 0) is 48.1 Å². The van der Waals surface area contributed by atoms with Gasteiger partial charge in [0, 0.05) is 13.0 Å². The van der Waals surface area contributed by atoms with E-state index in [2.05, 4.69) is 0 Å². The van der Waals surface area contributed by atoms with Crippen LogP contribution in [0.4, 0.5) is 0 Å². The van der Waals surface area contributed by atoms with E-state index < -0.39 is 5.41 Å². The van der Waals surface area contributed by atoms with Crippen molar-refractivity contribution in [3.63, 3.8) is 0 Å². The van der Waals surface area contributed by atoms with Gasteiger partial charge in [0.05, 0.1) is 19.1 Å². The van der Waals surface area contributed by atoms with Crippen LogP contribution in [0.5, 0.6) is 5.75 Å². The number of nitrogens with zero attached hydrogens (tertiary/aromatic N) is 1. The zero-order valence-electron chi connectivity index (χ0n) is 16.6. The average molecular weight is 381 g/mol. The van der Waals surface area contributed by atoms with Gasteiger partial charge in [-0.1, -0.05) is 43.3 Å². The van der Waals surface area contributed by atoms with Gasteiger partial charge in [0.15, 0.2) is 0 Å². The molecule has 2 atom stereocenters. The van der Waals surface area contributed by atoms with E-state index in [-0.39, 0.29) is 37.3 Å². The Bertz CT molecular complexity index is 844. The fourth-order valence-electron chi connectivity index (χ4n) is 3.79. The van der Waals surface area contributed by atoms with Gasteiger partial charge in [0.25, 0.3) is 0 Å². The van der Waals surface area contributed by atoms with Crippen molar-refractivity contribution in [3.8, 4) is 5.75 Å². The van der Waals surface area contributed by atoms with Gasteiger partial charge in [-0.2, -0.15) is 0 Å². The molecule has 0 bridgehead atoms. The lowest BCUT2D eigenvalue weighted by molar-refractivity contribution is -0.142. The van der Waals surface area contributed by atoms with Crippen LogP contribution in [0.3, 0.4) is 0 Å². The Kier molecular flexibility index (Phi) is 5.84. The minimum Gasteiger partial charge on any atom is -0.497 e. The molecule has 2 aromatic carbocycles. The van der Waals surface area contributed by atoms with Crippen LogP contribution < -0.4 is 4.74 Å². The molecule has 0 aromatic heterocycles. The molecule has 0 spiro atoms. The van der Waals surface area contributed by atoms with Crippen LogP contribution in [0.2, 0.25) is 0 Å². The Balaban J connectivity index is 1.77. The number of hydrogen-bond acceptors (Lipinski definition) is 4. The molecule has 0 unspecified atom stereocenters. The Hall–Kier alpha value is -2.66. The summed E-state index contributed by atoms with van der Waals surface area (Å²) in [5.41, 5.74) is 2.21. The highest BCUT2D eigenvalue weighted by Crippen LogP contribution is 2.45. The second kappa shape index (κ2) is 8.15. The van der Waals surface area contributed by atoms with Gasteiger partial charge < -0.3 is 9.84 Å². The van der Waals surface area contributed by atoms with Gasteiger partial charge in [-0.3, -0.25) is 14.5 Å². The summed E-state index contributed by atoms with van der Waals surface area (Å²) in [4.78, 5) is 27.2. The number of benzene rings is 2. The smallest absolute Gasteiger partial charge is 0.236 e. The summed E-state index contributed by atoms with van der Waals surface area (Å²) in [7, 11) is 1.60. The van der Waals surface area contributed by atoms with E-state index in [0.29, 0.717) is 6.42 Å². The molecule has 1 N–H and O–H groups in total. The van der Waals surface area contributed by atoms with Crippen LogP contribution in [0, 0.1) is 5.41 Å². The average Bonchev–Trinajstić information content (AvgIpc) is 2.93. The number of amides is 2. The molecule has 0 aliphatic carbocycles.